The van der Waals surface area contributed by atoms with Crippen LogP contribution < -0.4 is 10.1 Å². The molecule has 1 aliphatic carbocycles. The minimum atomic E-state index is 0.834. The maximum absolute atomic E-state index is 5.66. The van der Waals surface area contributed by atoms with Crippen molar-refractivity contribution in [3.63, 3.8) is 0 Å². The molecule has 1 N–H and O–H groups in total. The van der Waals surface area contributed by atoms with Gasteiger partial charge in [-0.05, 0) is 25.3 Å². The summed E-state index contributed by atoms with van der Waals surface area (Å²) in [6.45, 7) is 3.78. The van der Waals surface area contributed by atoms with Crippen molar-refractivity contribution in [2.24, 2.45) is 5.92 Å². The lowest BCUT2D eigenvalue weighted by atomic mass is 10.3. The molecule has 1 saturated carbocycles. The average molecular weight is 206 g/mol. The Hall–Kier alpha value is -1.25. The third-order valence-corrected chi connectivity index (χ3v) is 2.58. The molecule has 3 heteroatoms. The molecular weight excluding hydrogens is 188 g/mol. The van der Waals surface area contributed by atoms with E-state index in [1.807, 2.05) is 12.1 Å². The summed E-state index contributed by atoms with van der Waals surface area (Å²) in [5, 5.41) is 3.17. The highest BCUT2D eigenvalue weighted by Gasteiger charge is 2.20. The Kier molecular flexibility index (Phi) is 3.43. The molecule has 1 heterocycles. The average Bonchev–Trinajstić information content (AvgIpc) is 3.03. The fourth-order valence-corrected chi connectivity index (χ4v) is 1.53. The van der Waals surface area contributed by atoms with Crippen LogP contribution in [0.25, 0.3) is 0 Å². The van der Waals surface area contributed by atoms with Gasteiger partial charge in [0.05, 0.1) is 6.61 Å². The lowest BCUT2D eigenvalue weighted by Gasteiger charge is -2.07. The first-order valence-corrected chi connectivity index (χ1v) is 5.71. The molecule has 0 unspecified atom stereocenters. The van der Waals surface area contributed by atoms with Gasteiger partial charge >= 0.3 is 0 Å². The van der Waals surface area contributed by atoms with Gasteiger partial charge in [0.15, 0.2) is 0 Å². The van der Waals surface area contributed by atoms with E-state index in [1.165, 1.54) is 19.3 Å². The van der Waals surface area contributed by atoms with Crippen LogP contribution in [0.1, 0.15) is 26.2 Å². The van der Waals surface area contributed by atoms with Crippen LogP contribution in [0.4, 0.5) is 5.82 Å². The highest BCUT2D eigenvalue weighted by molar-refractivity contribution is 5.40. The maximum Gasteiger partial charge on any atom is 0.129 e. The predicted octanol–water partition coefficient (Wildman–Crippen LogP) is 2.69. The minimum absolute atomic E-state index is 0.834. The van der Waals surface area contributed by atoms with Crippen LogP contribution >= 0.6 is 0 Å². The maximum atomic E-state index is 5.66. The number of ether oxygens (including phenoxy) is 1. The number of hydrogen-bond acceptors (Lipinski definition) is 3. The van der Waals surface area contributed by atoms with Gasteiger partial charge in [-0.25, -0.2) is 4.98 Å². The smallest absolute Gasteiger partial charge is 0.129 e. The number of anilines is 1. The Balaban J connectivity index is 1.80. The van der Waals surface area contributed by atoms with E-state index >= 15 is 0 Å². The first-order chi connectivity index (χ1) is 7.38. The molecule has 0 aliphatic heterocycles. The predicted molar refractivity (Wildman–Crippen MR) is 61.2 cm³/mol. The lowest BCUT2D eigenvalue weighted by molar-refractivity contribution is 0.302. The normalized spacial score (nSPS) is 15.0. The Morgan fingerprint density at radius 3 is 3.13 bits per heavy atom. The molecule has 0 spiro atoms. The lowest BCUT2D eigenvalue weighted by Crippen LogP contribution is -2.01. The number of nitrogens with zero attached hydrogens (tertiary/aromatic N) is 1. The molecule has 2 rings (SSSR count). The van der Waals surface area contributed by atoms with E-state index in [9.17, 15) is 0 Å². The summed E-state index contributed by atoms with van der Waals surface area (Å²) in [6.07, 6.45) is 5.76. The molecular formula is C12H18N2O. The van der Waals surface area contributed by atoms with E-state index in [1.54, 1.807) is 6.20 Å². The van der Waals surface area contributed by atoms with Crippen molar-refractivity contribution in [3.8, 4) is 5.75 Å². The zero-order valence-corrected chi connectivity index (χ0v) is 9.20. The molecule has 15 heavy (non-hydrogen) atoms. The first-order valence-electron chi connectivity index (χ1n) is 5.71. The monoisotopic (exact) mass is 206 g/mol. The molecule has 1 fully saturated rings. The summed E-state index contributed by atoms with van der Waals surface area (Å²) in [4.78, 5) is 4.19. The third-order valence-electron chi connectivity index (χ3n) is 2.58. The van der Waals surface area contributed by atoms with Crippen molar-refractivity contribution in [2.75, 3.05) is 18.5 Å². The van der Waals surface area contributed by atoms with Crippen molar-refractivity contribution >= 4 is 5.82 Å². The molecule has 0 radical (unpaired) electrons. The van der Waals surface area contributed by atoms with Gasteiger partial charge in [-0.2, -0.15) is 0 Å². The van der Waals surface area contributed by atoms with Crippen molar-refractivity contribution in [1.29, 1.82) is 0 Å². The fraction of sp³-hybridized carbons (Fsp3) is 0.583. The molecule has 3 nitrogen and oxygen atoms in total. The number of rotatable bonds is 6. The van der Waals surface area contributed by atoms with Gasteiger partial charge in [0.2, 0.25) is 0 Å². The number of nitrogens with one attached hydrogen (secondary N) is 1. The van der Waals surface area contributed by atoms with Crippen LogP contribution in [0, 0.1) is 5.92 Å². The minimum Gasteiger partial charge on any atom is -0.493 e. The topological polar surface area (TPSA) is 34.1 Å². The van der Waals surface area contributed by atoms with Crippen LogP contribution in [0.2, 0.25) is 0 Å². The van der Waals surface area contributed by atoms with Crippen LogP contribution in [0.5, 0.6) is 5.75 Å². The molecule has 0 bridgehead atoms. The number of aromatic nitrogens is 1. The van der Waals surface area contributed by atoms with Crippen molar-refractivity contribution in [2.45, 2.75) is 26.2 Å². The summed E-state index contributed by atoms with van der Waals surface area (Å²) in [7, 11) is 0. The van der Waals surface area contributed by atoms with E-state index in [0.717, 1.165) is 30.6 Å². The zero-order valence-electron chi connectivity index (χ0n) is 9.20. The van der Waals surface area contributed by atoms with Crippen molar-refractivity contribution < 1.29 is 4.74 Å². The molecule has 0 aromatic carbocycles. The van der Waals surface area contributed by atoms with E-state index in [4.69, 9.17) is 4.74 Å². The van der Waals surface area contributed by atoms with Crippen molar-refractivity contribution in [3.05, 3.63) is 18.3 Å². The highest BCUT2D eigenvalue weighted by Crippen LogP contribution is 2.32. The molecule has 1 aromatic rings. The van der Waals surface area contributed by atoms with Crippen LogP contribution in [-0.4, -0.2) is 18.1 Å². The van der Waals surface area contributed by atoms with Gasteiger partial charge in [-0.15, -0.1) is 0 Å². The molecule has 0 saturated heterocycles. The Bertz CT molecular complexity index is 310. The SMILES string of the molecule is CCNc1cc(OCCC2CC2)ccn1. The second-order valence-corrected chi connectivity index (χ2v) is 3.99. The Morgan fingerprint density at radius 1 is 1.53 bits per heavy atom. The van der Waals surface area contributed by atoms with Gasteiger partial charge in [-0.1, -0.05) is 12.8 Å². The summed E-state index contributed by atoms with van der Waals surface area (Å²) in [5.41, 5.74) is 0. The zero-order chi connectivity index (χ0) is 10.5. The molecule has 1 aliphatic rings. The van der Waals surface area contributed by atoms with Gasteiger partial charge < -0.3 is 10.1 Å². The van der Waals surface area contributed by atoms with Gasteiger partial charge in [0.1, 0.15) is 11.6 Å². The van der Waals surface area contributed by atoms with Gasteiger partial charge in [0, 0.05) is 18.8 Å². The molecule has 0 amide bonds. The Morgan fingerprint density at radius 2 is 2.40 bits per heavy atom. The van der Waals surface area contributed by atoms with E-state index < -0.39 is 0 Å². The molecule has 82 valence electrons. The largest absolute Gasteiger partial charge is 0.493 e. The molecule has 0 atom stereocenters. The van der Waals surface area contributed by atoms with E-state index in [0.29, 0.717) is 0 Å². The third kappa shape index (κ3) is 3.42. The van der Waals surface area contributed by atoms with E-state index in [2.05, 4.69) is 17.2 Å². The fourth-order valence-electron chi connectivity index (χ4n) is 1.53. The van der Waals surface area contributed by atoms with Gasteiger partial charge in [0.25, 0.3) is 0 Å². The van der Waals surface area contributed by atoms with Gasteiger partial charge in [-0.3, -0.25) is 0 Å². The van der Waals surface area contributed by atoms with Crippen LogP contribution in [0.15, 0.2) is 18.3 Å². The van der Waals surface area contributed by atoms with Crippen LogP contribution in [0.3, 0.4) is 0 Å². The van der Waals surface area contributed by atoms with Crippen LogP contribution in [-0.2, 0) is 0 Å². The second kappa shape index (κ2) is 5.01. The highest BCUT2D eigenvalue weighted by atomic mass is 16.5. The summed E-state index contributed by atoms with van der Waals surface area (Å²) in [6, 6.07) is 3.87. The summed E-state index contributed by atoms with van der Waals surface area (Å²) < 4.78 is 5.66. The first kappa shape index (κ1) is 10.3. The Labute approximate surface area is 90.9 Å². The quantitative estimate of drug-likeness (QED) is 0.777. The number of pyridine rings is 1. The summed E-state index contributed by atoms with van der Waals surface area (Å²) in [5.74, 6) is 2.74. The summed E-state index contributed by atoms with van der Waals surface area (Å²) >= 11 is 0. The van der Waals surface area contributed by atoms with Crippen molar-refractivity contribution in [1.82, 2.24) is 4.98 Å². The molecule has 1 aromatic heterocycles. The number of hydrogen-bond donors (Lipinski definition) is 1. The second-order valence-electron chi connectivity index (χ2n) is 3.99. The van der Waals surface area contributed by atoms with E-state index in [-0.39, 0.29) is 0 Å². The standard InChI is InChI=1S/C12H18N2O/c1-2-13-12-9-11(5-7-14-12)15-8-6-10-3-4-10/h5,7,9-10H,2-4,6,8H2,1H3,(H,13,14).